The van der Waals surface area contributed by atoms with Crippen molar-refractivity contribution in [3.63, 3.8) is 0 Å². The van der Waals surface area contributed by atoms with E-state index < -0.39 is 0 Å². The van der Waals surface area contributed by atoms with Crippen molar-refractivity contribution in [3.05, 3.63) is 23.4 Å². The molecule has 0 atom stereocenters. The lowest BCUT2D eigenvalue weighted by Gasteiger charge is -2.25. The highest BCUT2D eigenvalue weighted by molar-refractivity contribution is 5.42. The smallest absolute Gasteiger partial charge is 0.129 e. The molecule has 1 rings (SSSR count). The van der Waals surface area contributed by atoms with Gasteiger partial charge in [-0.2, -0.15) is 0 Å². The monoisotopic (exact) mass is 250 g/mol. The van der Waals surface area contributed by atoms with E-state index in [0.29, 0.717) is 6.54 Å². The Morgan fingerprint density at radius 3 is 2.44 bits per heavy atom. The third-order valence-electron chi connectivity index (χ3n) is 2.87. The van der Waals surface area contributed by atoms with Gasteiger partial charge < -0.3 is 15.5 Å². The number of rotatable bonds is 7. The SMILES string of the molecule is CCCN(CCN(C)C)c1cc(CN)cc(C)n1. The van der Waals surface area contributed by atoms with Crippen LogP contribution in [0.25, 0.3) is 0 Å². The van der Waals surface area contributed by atoms with Crippen molar-refractivity contribution in [1.82, 2.24) is 9.88 Å². The molecule has 0 saturated heterocycles. The van der Waals surface area contributed by atoms with Crippen LogP contribution in [-0.2, 0) is 6.54 Å². The van der Waals surface area contributed by atoms with Gasteiger partial charge in [0.25, 0.3) is 0 Å². The van der Waals surface area contributed by atoms with Crippen molar-refractivity contribution in [2.24, 2.45) is 5.73 Å². The van der Waals surface area contributed by atoms with E-state index in [9.17, 15) is 0 Å². The maximum atomic E-state index is 5.73. The number of hydrogen-bond acceptors (Lipinski definition) is 4. The van der Waals surface area contributed by atoms with Crippen LogP contribution in [0.5, 0.6) is 0 Å². The second kappa shape index (κ2) is 7.34. The second-order valence-corrected chi connectivity index (χ2v) is 4.97. The van der Waals surface area contributed by atoms with Gasteiger partial charge in [0.1, 0.15) is 5.82 Å². The third kappa shape index (κ3) is 4.63. The average Bonchev–Trinajstić information content (AvgIpc) is 2.33. The highest BCUT2D eigenvalue weighted by atomic mass is 15.2. The zero-order valence-electron chi connectivity index (χ0n) is 12.1. The van der Waals surface area contributed by atoms with Gasteiger partial charge in [0, 0.05) is 31.9 Å². The molecule has 0 fully saturated rings. The van der Waals surface area contributed by atoms with Crippen molar-refractivity contribution in [2.45, 2.75) is 26.8 Å². The van der Waals surface area contributed by atoms with E-state index >= 15 is 0 Å². The van der Waals surface area contributed by atoms with Crippen LogP contribution in [0.1, 0.15) is 24.6 Å². The van der Waals surface area contributed by atoms with Gasteiger partial charge in [-0.25, -0.2) is 4.98 Å². The lowest BCUT2D eigenvalue weighted by Crippen LogP contribution is -2.33. The quantitative estimate of drug-likeness (QED) is 0.799. The summed E-state index contributed by atoms with van der Waals surface area (Å²) in [6.45, 7) is 7.87. The summed E-state index contributed by atoms with van der Waals surface area (Å²) in [5, 5.41) is 0. The predicted octanol–water partition coefficient (Wildman–Crippen LogP) is 1.63. The van der Waals surface area contributed by atoms with Crippen LogP contribution in [0.4, 0.5) is 5.82 Å². The molecular weight excluding hydrogens is 224 g/mol. The van der Waals surface area contributed by atoms with Crippen LogP contribution in [-0.4, -0.2) is 43.6 Å². The van der Waals surface area contributed by atoms with E-state index in [4.69, 9.17) is 5.73 Å². The van der Waals surface area contributed by atoms with Crippen LogP contribution < -0.4 is 10.6 Å². The minimum absolute atomic E-state index is 0.573. The van der Waals surface area contributed by atoms with Crippen molar-refractivity contribution in [3.8, 4) is 0 Å². The fourth-order valence-corrected chi connectivity index (χ4v) is 1.93. The summed E-state index contributed by atoms with van der Waals surface area (Å²) in [5.41, 5.74) is 7.93. The lowest BCUT2D eigenvalue weighted by molar-refractivity contribution is 0.412. The zero-order valence-corrected chi connectivity index (χ0v) is 12.1. The Hall–Kier alpha value is -1.13. The number of nitrogens with zero attached hydrogens (tertiary/aromatic N) is 3. The minimum atomic E-state index is 0.573. The molecule has 0 unspecified atom stereocenters. The standard InChI is InChI=1S/C14H26N4/c1-5-6-18(8-7-17(3)4)14-10-13(11-15)9-12(2)16-14/h9-10H,5-8,11,15H2,1-4H3. The van der Waals surface area contributed by atoms with E-state index in [1.54, 1.807) is 0 Å². The Kier molecular flexibility index (Phi) is 6.09. The first-order valence-electron chi connectivity index (χ1n) is 6.64. The van der Waals surface area contributed by atoms with Gasteiger partial charge in [-0.3, -0.25) is 0 Å². The highest BCUT2D eigenvalue weighted by Gasteiger charge is 2.09. The summed E-state index contributed by atoms with van der Waals surface area (Å²) in [5.74, 6) is 1.05. The summed E-state index contributed by atoms with van der Waals surface area (Å²) < 4.78 is 0. The van der Waals surface area contributed by atoms with Crippen molar-refractivity contribution in [1.29, 1.82) is 0 Å². The van der Waals surface area contributed by atoms with Gasteiger partial charge in [0.2, 0.25) is 0 Å². The van der Waals surface area contributed by atoms with Crippen molar-refractivity contribution >= 4 is 5.82 Å². The van der Waals surface area contributed by atoms with E-state index in [1.807, 2.05) is 6.92 Å². The fourth-order valence-electron chi connectivity index (χ4n) is 1.93. The normalized spacial score (nSPS) is 11.0. The van der Waals surface area contributed by atoms with E-state index in [0.717, 1.165) is 43.1 Å². The molecule has 0 aliphatic heterocycles. The van der Waals surface area contributed by atoms with Crippen LogP contribution in [0.3, 0.4) is 0 Å². The molecule has 102 valence electrons. The lowest BCUT2D eigenvalue weighted by atomic mass is 10.2. The predicted molar refractivity (Wildman–Crippen MR) is 77.9 cm³/mol. The minimum Gasteiger partial charge on any atom is -0.355 e. The molecule has 2 N–H and O–H groups in total. The summed E-state index contributed by atoms with van der Waals surface area (Å²) in [4.78, 5) is 9.17. The Morgan fingerprint density at radius 1 is 1.17 bits per heavy atom. The van der Waals surface area contributed by atoms with Gasteiger partial charge in [-0.05, 0) is 45.1 Å². The molecule has 1 aromatic heterocycles. The zero-order chi connectivity index (χ0) is 13.5. The summed E-state index contributed by atoms with van der Waals surface area (Å²) >= 11 is 0. The first-order valence-corrected chi connectivity index (χ1v) is 6.64. The number of anilines is 1. The van der Waals surface area contributed by atoms with E-state index in [1.165, 1.54) is 0 Å². The summed E-state index contributed by atoms with van der Waals surface area (Å²) in [7, 11) is 4.19. The van der Waals surface area contributed by atoms with Crippen LogP contribution in [0, 0.1) is 6.92 Å². The molecule has 0 saturated carbocycles. The first kappa shape index (κ1) is 14.9. The van der Waals surface area contributed by atoms with Gasteiger partial charge in [-0.1, -0.05) is 6.92 Å². The maximum absolute atomic E-state index is 5.73. The van der Waals surface area contributed by atoms with Crippen molar-refractivity contribution < 1.29 is 0 Å². The number of aryl methyl sites for hydroxylation is 1. The van der Waals surface area contributed by atoms with Crippen LogP contribution in [0.15, 0.2) is 12.1 Å². The molecule has 1 heterocycles. The maximum Gasteiger partial charge on any atom is 0.129 e. The third-order valence-corrected chi connectivity index (χ3v) is 2.87. The van der Waals surface area contributed by atoms with Crippen LogP contribution in [0.2, 0.25) is 0 Å². The summed E-state index contributed by atoms with van der Waals surface area (Å²) in [6.07, 6.45) is 1.13. The molecular formula is C14H26N4. The number of pyridine rings is 1. The molecule has 0 radical (unpaired) electrons. The van der Waals surface area contributed by atoms with Gasteiger partial charge in [0.15, 0.2) is 0 Å². The molecule has 0 amide bonds. The highest BCUT2D eigenvalue weighted by Crippen LogP contribution is 2.15. The molecule has 0 spiro atoms. The number of hydrogen-bond donors (Lipinski definition) is 1. The van der Waals surface area contributed by atoms with Crippen molar-refractivity contribution in [2.75, 3.05) is 38.6 Å². The Bertz CT molecular complexity index is 363. The van der Waals surface area contributed by atoms with Crippen LogP contribution >= 0.6 is 0 Å². The van der Waals surface area contributed by atoms with Gasteiger partial charge in [0.05, 0.1) is 0 Å². The summed E-state index contributed by atoms with van der Waals surface area (Å²) in [6, 6.07) is 4.16. The molecule has 0 aliphatic carbocycles. The Balaban J connectivity index is 2.86. The fraction of sp³-hybridized carbons (Fsp3) is 0.643. The molecule has 1 aromatic rings. The topological polar surface area (TPSA) is 45.4 Å². The Labute approximate surface area is 111 Å². The molecule has 4 nitrogen and oxygen atoms in total. The largest absolute Gasteiger partial charge is 0.355 e. The number of aromatic nitrogens is 1. The number of likely N-dealkylation sites (N-methyl/N-ethyl adjacent to an activating group) is 1. The number of nitrogens with two attached hydrogens (primary N) is 1. The molecule has 0 aliphatic rings. The van der Waals surface area contributed by atoms with E-state index in [-0.39, 0.29) is 0 Å². The molecule has 0 bridgehead atoms. The molecule has 4 heteroatoms. The Morgan fingerprint density at radius 2 is 1.89 bits per heavy atom. The average molecular weight is 250 g/mol. The first-order chi connectivity index (χ1) is 8.56. The van der Waals surface area contributed by atoms with Gasteiger partial charge in [-0.15, -0.1) is 0 Å². The van der Waals surface area contributed by atoms with E-state index in [2.05, 4.69) is 47.9 Å². The molecule has 18 heavy (non-hydrogen) atoms. The van der Waals surface area contributed by atoms with Gasteiger partial charge >= 0.3 is 0 Å². The molecule has 0 aromatic carbocycles. The second-order valence-electron chi connectivity index (χ2n) is 4.97.